The van der Waals surface area contributed by atoms with E-state index >= 15 is 0 Å². The molecule has 3 aliphatic rings. The Hall–Kier alpha value is -1.62. The van der Waals surface area contributed by atoms with Crippen LogP contribution >= 0.6 is 0 Å². The minimum absolute atomic E-state index is 0.0744. The molecule has 5 heteroatoms. The van der Waals surface area contributed by atoms with Gasteiger partial charge in [0.05, 0.1) is 5.92 Å². The largest absolute Gasteiger partial charge is 0.327 e. The topological polar surface area (TPSA) is 61.4 Å². The van der Waals surface area contributed by atoms with E-state index in [9.17, 15) is 9.59 Å². The molecule has 0 aromatic rings. The number of fused-ring (bicyclic) bond motifs is 2. The Labute approximate surface area is 99.5 Å². The third-order valence-electron chi connectivity index (χ3n) is 3.55. The van der Waals surface area contributed by atoms with Gasteiger partial charge in [-0.15, -0.1) is 0 Å². The highest BCUT2D eigenvalue weighted by Crippen LogP contribution is 2.25. The highest BCUT2D eigenvalue weighted by atomic mass is 16.2. The van der Waals surface area contributed by atoms with Crippen molar-refractivity contribution in [2.24, 2.45) is 5.92 Å². The Morgan fingerprint density at radius 1 is 1.35 bits per heavy atom. The number of piperazine rings is 1. The fraction of sp³-hybridized carbons (Fsp3) is 0.500. The smallest absolute Gasteiger partial charge is 0.248 e. The summed E-state index contributed by atoms with van der Waals surface area (Å²) in [6.07, 6.45) is 6.38. The Kier molecular flexibility index (Phi) is 2.48. The van der Waals surface area contributed by atoms with Crippen LogP contribution in [0.4, 0.5) is 0 Å². The number of amides is 2. The minimum Gasteiger partial charge on any atom is -0.327 e. The zero-order chi connectivity index (χ0) is 11.8. The molecule has 2 atom stereocenters. The molecule has 2 unspecified atom stereocenters. The van der Waals surface area contributed by atoms with E-state index in [0.717, 1.165) is 12.2 Å². The first-order valence-corrected chi connectivity index (χ1v) is 5.96. The number of hydrogen-bond acceptors (Lipinski definition) is 3. The van der Waals surface area contributed by atoms with Crippen LogP contribution in [0.2, 0.25) is 0 Å². The molecule has 0 bridgehead atoms. The molecule has 2 heterocycles. The summed E-state index contributed by atoms with van der Waals surface area (Å²) in [7, 11) is 0. The van der Waals surface area contributed by atoms with Crippen molar-refractivity contribution in [1.29, 1.82) is 0 Å². The van der Waals surface area contributed by atoms with E-state index in [-0.39, 0.29) is 23.8 Å². The van der Waals surface area contributed by atoms with Crippen LogP contribution in [0, 0.1) is 5.92 Å². The van der Waals surface area contributed by atoms with Crippen molar-refractivity contribution in [1.82, 2.24) is 15.5 Å². The summed E-state index contributed by atoms with van der Waals surface area (Å²) in [6.45, 7) is 1.92. The number of allylic oxidation sites excluding steroid dienone is 3. The van der Waals surface area contributed by atoms with Gasteiger partial charge >= 0.3 is 0 Å². The monoisotopic (exact) mass is 233 g/mol. The van der Waals surface area contributed by atoms with Crippen molar-refractivity contribution in [3.8, 4) is 0 Å². The maximum absolute atomic E-state index is 12.4. The third kappa shape index (κ3) is 1.67. The first-order chi connectivity index (χ1) is 8.27. The highest BCUT2D eigenvalue weighted by molar-refractivity contribution is 5.94. The molecule has 2 saturated heterocycles. The Morgan fingerprint density at radius 3 is 3.12 bits per heavy atom. The molecule has 1 aliphatic carbocycles. The minimum atomic E-state index is -0.359. The van der Waals surface area contributed by atoms with Crippen molar-refractivity contribution in [3.63, 3.8) is 0 Å². The summed E-state index contributed by atoms with van der Waals surface area (Å²) in [4.78, 5) is 26.1. The van der Waals surface area contributed by atoms with Gasteiger partial charge < -0.3 is 15.5 Å². The van der Waals surface area contributed by atoms with E-state index in [1.165, 1.54) is 0 Å². The predicted octanol–water partition coefficient (Wildman–Crippen LogP) is -0.623. The lowest BCUT2D eigenvalue weighted by Gasteiger charge is -2.34. The van der Waals surface area contributed by atoms with Gasteiger partial charge in [0, 0.05) is 25.3 Å². The lowest BCUT2D eigenvalue weighted by molar-refractivity contribution is -0.141. The number of nitrogens with one attached hydrogen (secondary N) is 2. The van der Waals surface area contributed by atoms with Gasteiger partial charge in [0.1, 0.15) is 6.04 Å². The lowest BCUT2D eigenvalue weighted by Crippen LogP contribution is -2.58. The van der Waals surface area contributed by atoms with Gasteiger partial charge in [0.25, 0.3) is 0 Å². The van der Waals surface area contributed by atoms with Crippen molar-refractivity contribution in [2.45, 2.75) is 12.5 Å². The molecular weight excluding hydrogens is 218 g/mol. The van der Waals surface area contributed by atoms with Crippen molar-refractivity contribution < 1.29 is 9.59 Å². The van der Waals surface area contributed by atoms with Crippen LogP contribution in [0.3, 0.4) is 0 Å². The zero-order valence-corrected chi connectivity index (χ0v) is 9.48. The molecule has 2 aliphatic heterocycles. The summed E-state index contributed by atoms with van der Waals surface area (Å²) in [5.41, 5.74) is 0.747. The first-order valence-electron chi connectivity index (χ1n) is 5.96. The molecule has 5 nitrogen and oxygen atoms in total. The van der Waals surface area contributed by atoms with E-state index in [1.807, 2.05) is 18.2 Å². The fourth-order valence-corrected chi connectivity index (χ4v) is 2.62. The van der Waals surface area contributed by atoms with Gasteiger partial charge in [0.15, 0.2) is 0 Å². The molecule has 2 N–H and O–H groups in total. The highest BCUT2D eigenvalue weighted by Gasteiger charge is 2.40. The number of carbonyl (C=O) groups is 2. The number of nitrogens with zero attached hydrogens (tertiary/aromatic N) is 1. The van der Waals surface area contributed by atoms with Crippen LogP contribution in [-0.2, 0) is 9.59 Å². The van der Waals surface area contributed by atoms with Gasteiger partial charge in [-0.1, -0.05) is 12.2 Å². The molecular formula is C12H15N3O2. The number of carbonyl (C=O) groups excluding carboxylic acids is 2. The van der Waals surface area contributed by atoms with Crippen molar-refractivity contribution >= 4 is 11.8 Å². The summed E-state index contributed by atoms with van der Waals surface area (Å²) >= 11 is 0. The maximum atomic E-state index is 12.4. The fourth-order valence-electron chi connectivity index (χ4n) is 2.62. The van der Waals surface area contributed by atoms with Crippen LogP contribution < -0.4 is 10.6 Å². The molecule has 3 rings (SSSR count). The standard InChI is InChI=1S/C12H15N3O2/c16-11-10-7-13-5-6-15(10)12(17)8-3-1-2-4-9(8)14-11/h1-2,4,8,10,13H,3,5-7H2,(H,14,16). The van der Waals surface area contributed by atoms with E-state index < -0.39 is 0 Å². The Morgan fingerprint density at radius 2 is 2.24 bits per heavy atom. The van der Waals surface area contributed by atoms with E-state index in [1.54, 1.807) is 4.90 Å². The van der Waals surface area contributed by atoms with Crippen LogP contribution in [0.5, 0.6) is 0 Å². The maximum Gasteiger partial charge on any atom is 0.248 e. The van der Waals surface area contributed by atoms with E-state index in [4.69, 9.17) is 0 Å². The molecule has 17 heavy (non-hydrogen) atoms. The third-order valence-corrected chi connectivity index (χ3v) is 3.55. The van der Waals surface area contributed by atoms with Crippen LogP contribution in [0.25, 0.3) is 0 Å². The quantitative estimate of drug-likeness (QED) is 0.586. The number of hydrogen-bond donors (Lipinski definition) is 2. The summed E-state index contributed by atoms with van der Waals surface area (Å²) in [5, 5.41) is 6.03. The second kappa shape index (κ2) is 4.00. The Bertz CT molecular complexity index is 427. The summed E-state index contributed by atoms with van der Waals surface area (Å²) in [5.74, 6) is -0.202. The van der Waals surface area contributed by atoms with Gasteiger partial charge in [-0.25, -0.2) is 0 Å². The molecule has 90 valence electrons. The van der Waals surface area contributed by atoms with Gasteiger partial charge in [-0.2, -0.15) is 0 Å². The predicted molar refractivity (Wildman–Crippen MR) is 61.8 cm³/mol. The lowest BCUT2D eigenvalue weighted by atomic mass is 9.95. The summed E-state index contributed by atoms with van der Waals surface area (Å²) in [6, 6.07) is -0.359. The molecule has 0 saturated carbocycles. The van der Waals surface area contributed by atoms with Gasteiger partial charge in [-0.3, -0.25) is 9.59 Å². The van der Waals surface area contributed by atoms with E-state index in [0.29, 0.717) is 19.5 Å². The SMILES string of the molecule is O=C1NC2=CC=CCC2C(=O)N2CCNCC12. The van der Waals surface area contributed by atoms with Gasteiger partial charge in [0.2, 0.25) is 11.8 Å². The summed E-state index contributed by atoms with van der Waals surface area (Å²) < 4.78 is 0. The van der Waals surface area contributed by atoms with Crippen LogP contribution in [0.1, 0.15) is 6.42 Å². The average Bonchev–Trinajstić information content (AvgIpc) is 2.48. The van der Waals surface area contributed by atoms with Crippen molar-refractivity contribution in [3.05, 3.63) is 23.9 Å². The normalized spacial score (nSPS) is 32.2. The van der Waals surface area contributed by atoms with E-state index in [2.05, 4.69) is 10.6 Å². The molecule has 0 spiro atoms. The first kappa shape index (κ1) is 10.5. The molecule has 2 fully saturated rings. The zero-order valence-electron chi connectivity index (χ0n) is 9.48. The second-order valence-electron chi connectivity index (χ2n) is 4.58. The molecule has 2 amide bonds. The van der Waals surface area contributed by atoms with Gasteiger partial charge in [-0.05, 0) is 12.5 Å². The average molecular weight is 233 g/mol. The van der Waals surface area contributed by atoms with Crippen LogP contribution in [0.15, 0.2) is 23.9 Å². The number of rotatable bonds is 0. The van der Waals surface area contributed by atoms with Crippen molar-refractivity contribution in [2.75, 3.05) is 19.6 Å². The molecule has 0 aromatic heterocycles. The second-order valence-corrected chi connectivity index (χ2v) is 4.58. The van der Waals surface area contributed by atoms with Crippen LogP contribution in [-0.4, -0.2) is 42.4 Å². The molecule has 0 radical (unpaired) electrons. The molecule has 0 aromatic carbocycles. The Balaban J connectivity index is 1.96.